The second-order valence-corrected chi connectivity index (χ2v) is 6.20. The monoisotopic (exact) mass is 293 g/mol. The Morgan fingerprint density at radius 3 is 2.18 bits per heavy atom. The summed E-state index contributed by atoms with van der Waals surface area (Å²) in [5, 5.41) is 3.18. The lowest BCUT2D eigenvalue weighted by molar-refractivity contribution is -0.122. The normalized spacial score (nSPS) is 16.4. The lowest BCUT2D eigenvalue weighted by Crippen LogP contribution is -2.35. The number of rotatable bonds is 4. The Kier molecular flexibility index (Phi) is 4.57. The van der Waals surface area contributed by atoms with Crippen LogP contribution in [0.3, 0.4) is 0 Å². The highest BCUT2D eigenvalue weighted by Gasteiger charge is 2.21. The predicted octanol–water partition coefficient (Wildman–Crippen LogP) is 4.52. The van der Waals surface area contributed by atoms with Crippen LogP contribution in [0.4, 0.5) is 0 Å². The minimum atomic E-state index is -0.0922. The molecule has 22 heavy (non-hydrogen) atoms. The van der Waals surface area contributed by atoms with E-state index in [2.05, 4.69) is 41.7 Å². The standard InChI is InChI=1S/C20H23NO/c1-15(20(22)21-19-9-5-6-10-19)16-11-13-18(14-12-16)17-7-3-2-4-8-17/h2-4,7-8,11-15,19H,5-6,9-10H2,1H3,(H,21,22). The molecule has 0 aromatic heterocycles. The van der Waals surface area contributed by atoms with E-state index in [1.807, 2.05) is 25.1 Å². The zero-order chi connectivity index (χ0) is 15.4. The Labute approximate surface area is 132 Å². The summed E-state index contributed by atoms with van der Waals surface area (Å²) in [4.78, 5) is 12.3. The number of hydrogen-bond donors (Lipinski definition) is 1. The smallest absolute Gasteiger partial charge is 0.227 e. The van der Waals surface area contributed by atoms with Crippen molar-refractivity contribution in [2.24, 2.45) is 0 Å². The molecule has 2 aromatic carbocycles. The second kappa shape index (κ2) is 6.78. The number of amides is 1. The molecular weight excluding hydrogens is 270 g/mol. The van der Waals surface area contributed by atoms with Gasteiger partial charge >= 0.3 is 0 Å². The van der Waals surface area contributed by atoms with Gasteiger partial charge in [0.25, 0.3) is 0 Å². The van der Waals surface area contributed by atoms with Crippen LogP contribution >= 0.6 is 0 Å². The minimum absolute atomic E-state index is 0.0922. The Balaban J connectivity index is 1.68. The van der Waals surface area contributed by atoms with Crippen molar-refractivity contribution in [3.05, 3.63) is 60.2 Å². The van der Waals surface area contributed by atoms with E-state index in [9.17, 15) is 4.79 Å². The van der Waals surface area contributed by atoms with E-state index in [0.717, 1.165) is 18.4 Å². The fourth-order valence-corrected chi connectivity index (χ4v) is 3.14. The molecule has 3 rings (SSSR count). The molecule has 1 atom stereocenters. The van der Waals surface area contributed by atoms with Crippen molar-refractivity contribution in [2.45, 2.75) is 44.6 Å². The molecular formula is C20H23NO. The molecule has 0 spiro atoms. The molecule has 1 N–H and O–H groups in total. The van der Waals surface area contributed by atoms with Crippen LogP contribution in [-0.4, -0.2) is 11.9 Å². The number of carbonyl (C=O) groups excluding carboxylic acids is 1. The zero-order valence-electron chi connectivity index (χ0n) is 13.1. The SMILES string of the molecule is CC(C(=O)NC1CCCC1)c1ccc(-c2ccccc2)cc1. The van der Waals surface area contributed by atoms with E-state index in [4.69, 9.17) is 0 Å². The van der Waals surface area contributed by atoms with Gasteiger partial charge in [-0.2, -0.15) is 0 Å². The van der Waals surface area contributed by atoms with E-state index in [1.165, 1.54) is 24.0 Å². The zero-order valence-corrected chi connectivity index (χ0v) is 13.1. The van der Waals surface area contributed by atoms with Gasteiger partial charge in [-0.15, -0.1) is 0 Å². The third-order valence-electron chi connectivity index (χ3n) is 4.61. The fourth-order valence-electron chi connectivity index (χ4n) is 3.14. The summed E-state index contributed by atoms with van der Waals surface area (Å²) in [6.45, 7) is 1.99. The van der Waals surface area contributed by atoms with Crippen LogP contribution in [0, 0.1) is 0 Å². The van der Waals surface area contributed by atoms with Crippen molar-refractivity contribution >= 4 is 5.91 Å². The molecule has 0 bridgehead atoms. The first-order chi connectivity index (χ1) is 10.7. The maximum atomic E-state index is 12.3. The third-order valence-corrected chi connectivity index (χ3v) is 4.61. The van der Waals surface area contributed by atoms with Crippen molar-refractivity contribution in [2.75, 3.05) is 0 Å². The highest BCUT2D eigenvalue weighted by atomic mass is 16.1. The maximum absolute atomic E-state index is 12.3. The van der Waals surface area contributed by atoms with Gasteiger partial charge in [-0.25, -0.2) is 0 Å². The van der Waals surface area contributed by atoms with Crippen molar-refractivity contribution < 1.29 is 4.79 Å². The van der Waals surface area contributed by atoms with E-state index in [0.29, 0.717) is 6.04 Å². The molecule has 1 saturated carbocycles. The molecule has 2 aromatic rings. The third kappa shape index (κ3) is 3.38. The van der Waals surface area contributed by atoms with Gasteiger partial charge < -0.3 is 5.32 Å². The first-order valence-corrected chi connectivity index (χ1v) is 8.20. The Bertz CT molecular complexity index is 612. The molecule has 2 heteroatoms. The van der Waals surface area contributed by atoms with Gasteiger partial charge in [0, 0.05) is 6.04 Å². The van der Waals surface area contributed by atoms with Gasteiger partial charge in [-0.3, -0.25) is 4.79 Å². The van der Waals surface area contributed by atoms with Gasteiger partial charge in [0.05, 0.1) is 5.92 Å². The molecule has 0 saturated heterocycles. The van der Waals surface area contributed by atoms with Crippen molar-refractivity contribution in [1.82, 2.24) is 5.32 Å². The van der Waals surface area contributed by atoms with E-state index in [-0.39, 0.29) is 11.8 Å². The summed E-state index contributed by atoms with van der Waals surface area (Å²) in [6.07, 6.45) is 4.74. The summed E-state index contributed by atoms with van der Waals surface area (Å²) in [5.41, 5.74) is 3.47. The quantitative estimate of drug-likeness (QED) is 0.882. The van der Waals surface area contributed by atoms with Crippen LogP contribution in [0.5, 0.6) is 0 Å². The molecule has 114 valence electrons. The van der Waals surface area contributed by atoms with Crippen LogP contribution in [0.2, 0.25) is 0 Å². The average Bonchev–Trinajstić information content (AvgIpc) is 3.08. The van der Waals surface area contributed by atoms with Crippen LogP contribution in [0.1, 0.15) is 44.1 Å². The van der Waals surface area contributed by atoms with Gasteiger partial charge in [0.2, 0.25) is 5.91 Å². The van der Waals surface area contributed by atoms with Crippen molar-refractivity contribution in [3.63, 3.8) is 0 Å². The predicted molar refractivity (Wildman–Crippen MR) is 90.7 cm³/mol. The summed E-state index contributed by atoms with van der Waals surface area (Å²) in [7, 11) is 0. The van der Waals surface area contributed by atoms with Crippen molar-refractivity contribution in [1.29, 1.82) is 0 Å². The Morgan fingerprint density at radius 1 is 0.955 bits per heavy atom. The van der Waals surface area contributed by atoms with Gasteiger partial charge in [-0.05, 0) is 36.5 Å². The second-order valence-electron chi connectivity index (χ2n) is 6.20. The van der Waals surface area contributed by atoms with Crippen LogP contribution in [-0.2, 0) is 4.79 Å². The van der Waals surface area contributed by atoms with Gasteiger partial charge in [0.1, 0.15) is 0 Å². The molecule has 2 nitrogen and oxygen atoms in total. The number of benzene rings is 2. The number of carbonyl (C=O) groups is 1. The fraction of sp³-hybridized carbons (Fsp3) is 0.350. The highest BCUT2D eigenvalue weighted by Crippen LogP contribution is 2.24. The summed E-state index contributed by atoms with van der Waals surface area (Å²) < 4.78 is 0. The largest absolute Gasteiger partial charge is 0.353 e. The first-order valence-electron chi connectivity index (χ1n) is 8.20. The van der Waals surface area contributed by atoms with Crippen LogP contribution < -0.4 is 5.32 Å². The van der Waals surface area contributed by atoms with E-state index in [1.54, 1.807) is 0 Å². The molecule has 1 fully saturated rings. The van der Waals surface area contributed by atoms with Crippen molar-refractivity contribution in [3.8, 4) is 11.1 Å². The topological polar surface area (TPSA) is 29.1 Å². The maximum Gasteiger partial charge on any atom is 0.227 e. The van der Waals surface area contributed by atoms with Gasteiger partial charge in [0.15, 0.2) is 0 Å². The summed E-state index contributed by atoms with van der Waals surface area (Å²) >= 11 is 0. The average molecular weight is 293 g/mol. The summed E-state index contributed by atoms with van der Waals surface area (Å²) in [6, 6.07) is 19.0. The van der Waals surface area contributed by atoms with E-state index < -0.39 is 0 Å². The van der Waals surface area contributed by atoms with Crippen LogP contribution in [0.15, 0.2) is 54.6 Å². The van der Waals surface area contributed by atoms with Crippen LogP contribution in [0.25, 0.3) is 11.1 Å². The number of nitrogens with one attached hydrogen (secondary N) is 1. The minimum Gasteiger partial charge on any atom is -0.353 e. The van der Waals surface area contributed by atoms with E-state index >= 15 is 0 Å². The number of hydrogen-bond acceptors (Lipinski definition) is 1. The Morgan fingerprint density at radius 2 is 1.55 bits per heavy atom. The van der Waals surface area contributed by atoms with Gasteiger partial charge in [-0.1, -0.05) is 67.4 Å². The Hall–Kier alpha value is -2.09. The highest BCUT2D eigenvalue weighted by molar-refractivity contribution is 5.83. The molecule has 0 aliphatic heterocycles. The molecule has 1 unspecified atom stereocenters. The summed E-state index contributed by atoms with van der Waals surface area (Å²) in [5.74, 6) is 0.0600. The first kappa shape index (κ1) is 14.8. The molecule has 1 aliphatic carbocycles. The lowest BCUT2D eigenvalue weighted by atomic mass is 9.96. The lowest BCUT2D eigenvalue weighted by Gasteiger charge is -2.17. The molecule has 1 amide bonds. The molecule has 0 heterocycles. The molecule has 1 aliphatic rings. The molecule has 0 radical (unpaired) electrons.